The van der Waals surface area contributed by atoms with E-state index in [2.05, 4.69) is 24.9 Å². The molecule has 0 aromatic carbocycles. The summed E-state index contributed by atoms with van der Waals surface area (Å²) in [6, 6.07) is 31.4. The number of hydrogen-bond donors (Lipinski definition) is 0. The molecule has 730 valence electrons. The average Bonchev–Trinajstić information content (AvgIpc) is 1.42. The molecular weight excluding hydrogens is 1770 g/mol. The van der Waals surface area contributed by atoms with E-state index in [9.17, 15) is 5.48 Å². The van der Waals surface area contributed by atoms with E-state index in [-0.39, 0.29) is 113 Å². The van der Waals surface area contributed by atoms with Crippen molar-refractivity contribution in [3.63, 3.8) is 0 Å². The molecule has 135 heavy (non-hydrogen) atoms. The Morgan fingerprint density at radius 3 is 0.889 bits per heavy atom. The first kappa shape index (κ1) is 50.6. The molecule has 0 N–H and O–H groups in total. The standard InChI is InChI=1S/5C23H31NO2S/c5*1-25-19-10-17-27-20(19)8-2-4-11-22(21-9-3-7-15-24-21)14-16-26-23(18-22)12-5-6-13-23/h5*3,7,9-10,15,17H,2,4-6,8,11-14,16,18H2,1H3/t5*22-/m11111/s1/i1D3,4D2,5D2,6D2,8D2,11D2,12D2,13D2,14D2,16D2,18D2;1D3,4D2,5D2,6D2,8D2;2*1D3,4D2,5D2,8D2;1D3,4D2,8D2/t2m;2*22-,23?;m. The Balaban J connectivity index is 0.000000167. The number of thiophene rings is 5. The second-order valence-corrected chi connectivity index (χ2v) is 39.6. The normalized spacial score (nSPS) is 38.0. The van der Waals surface area contributed by atoms with Crippen molar-refractivity contribution < 1.29 is 128 Å². The number of nitrogens with zero attached hydrogens (tertiary/aromatic N) is 5. The molecule has 5 aliphatic carbocycles. The molecule has 20 rings (SSSR count). The Hall–Kier alpha value is -6.95. The Kier molecular flexibility index (Phi) is 18.4. The van der Waals surface area contributed by atoms with Crippen LogP contribution < -0.4 is 23.7 Å². The third kappa shape index (κ3) is 25.7. The third-order valence-corrected chi connectivity index (χ3v) is 30.6. The lowest BCUT2D eigenvalue weighted by molar-refractivity contribution is -0.105. The molecule has 10 aromatic rings. The van der Waals surface area contributed by atoms with E-state index in [0.717, 1.165) is 101 Å². The Labute approximate surface area is 911 Å². The van der Waals surface area contributed by atoms with Crippen molar-refractivity contribution in [1.82, 2.24) is 24.9 Å². The van der Waals surface area contributed by atoms with Crippen LogP contribution in [0.15, 0.2) is 179 Å². The van der Waals surface area contributed by atoms with Gasteiger partial charge < -0.3 is 47.4 Å². The predicted molar refractivity (Wildman–Crippen MR) is 554 cm³/mol. The quantitative estimate of drug-likeness (QED) is 0.0369. The zero-order valence-electron chi connectivity index (χ0n) is 134. The van der Waals surface area contributed by atoms with Crippen LogP contribution in [-0.2, 0) is 82.6 Å². The number of rotatable bonds is 35. The number of methoxy groups -OCH3 is 5. The molecule has 0 radical (unpaired) electrons. The van der Waals surface area contributed by atoms with Crippen molar-refractivity contribution in [2.45, 2.75) is 375 Å². The lowest BCUT2D eigenvalue weighted by Crippen LogP contribution is -2.46. The molecule has 10 aromatic heterocycles. The summed E-state index contributed by atoms with van der Waals surface area (Å²) in [6.07, 6.45) is -47.3. The minimum absolute atomic E-state index is 0.00924. The first-order valence-electron chi connectivity index (χ1n) is 74.9. The average molecular weight is 1990 g/mol. The Bertz CT molecular complexity index is 7740. The van der Waals surface area contributed by atoms with Crippen LogP contribution in [0.5, 0.6) is 28.7 Å². The minimum Gasteiger partial charge on any atom is -0.496 e. The van der Waals surface area contributed by atoms with Gasteiger partial charge in [0, 0.05) is 201 Å². The van der Waals surface area contributed by atoms with E-state index < -0.39 is 273 Å². The van der Waals surface area contributed by atoms with Crippen LogP contribution in [0, 0.1) is 0 Å². The molecule has 5 saturated carbocycles. The Morgan fingerprint density at radius 2 is 0.593 bits per heavy atom. The van der Waals surface area contributed by atoms with Gasteiger partial charge in [0.1, 0.15) is 28.7 Å². The molecule has 0 bridgehead atoms. The van der Waals surface area contributed by atoms with Crippen LogP contribution in [0.2, 0.25) is 0 Å². The van der Waals surface area contributed by atoms with E-state index in [0.29, 0.717) is 125 Å². The van der Waals surface area contributed by atoms with E-state index >= 15 is 0 Å². The molecule has 20 heteroatoms. The van der Waals surface area contributed by atoms with Crippen molar-refractivity contribution in [3.05, 3.63) is 232 Å². The molecule has 5 aliphatic heterocycles. The van der Waals surface area contributed by atoms with Crippen LogP contribution in [0.4, 0.5) is 0 Å². The van der Waals surface area contributed by atoms with Crippen molar-refractivity contribution in [2.24, 2.45) is 0 Å². The lowest BCUT2D eigenvalue weighted by Gasteiger charge is -2.46. The van der Waals surface area contributed by atoms with E-state index in [1.165, 1.54) is 45.8 Å². The first-order valence-corrected chi connectivity index (χ1v) is 49.8. The van der Waals surface area contributed by atoms with E-state index in [4.69, 9.17) is 123 Å². The van der Waals surface area contributed by atoms with Gasteiger partial charge in [0.05, 0.1) is 86.5 Å². The highest BCUT2D eigenvalue weighted by Crippen LogP contribution is 2.57. The van der Waals surface area contributed by atoms with Gasteiger partial charge in [0.15, 0.2) is 0 Å². The summed E-state index contributed by atoms with van der Waals surface area (Å²) in [5.74, 6) is -0.992. The van der Waals surface area contributed by atoms with Gasteiger partial charge in [-0.05, 0) is 342 Å². The maximum atomic E-state index is 9.45. The molecule has 10 fully saturated rings. The van der Waals surface area contributed by atoms with Crippen LogP contribution in [0.3, 0.4) is 0 Å². The molecule has 15 heterocycles. The molecule has 5 saturated heterocycles. The van der Waals surface area contributed by atoms with Crippen LogP contribution in [0.1, 0.15) is 422 Å². The van der Waals surface area contributed by atoms with Crippen LogP contribution in [-0.4, -0.2) is 121 Å². The molecule has 2 unspecified atom stereocenters. The van der Waals surface area contributed by atoms with Gasteiger partial charge in [-0.25, -0.2) is 0 Å². The zero-order valence-corrected chi connectivity index (χ0v) is 79.1. The SMILES string of the molecule is [2H]C([2H])(CC([2H])([2H])c1sccc1OC([2H])([2H])[2H])C[C@@]1(c2ccccn2)CCOC2(CC([2H])([2H])C([2H])([2H])C2)C1.[2H]C([2H])(CC([2H])([2H])c1sccc1OC([2H])([2H])[2H])C[C@@]1(c2ccccn2)CCOC2(CCCC2)C1.[2H]C([2H])([2H])Oc1ccsc1C([2H])([2H])CC([2H])([2H])C([2H])([2H])[C@@]1(c2ccccn2)C([2H])([2H])C([2H])([2H])OC2(C([2H])([2H])C([2H])([2H])C([2H])([2H])C2([2H])[2H])C1([2H])[2H].[2H]C1([2H])CCC2(C1)C[C@](CC([2H])([2H])CC([2H])([2H])c1sccc1OC([2H])([2H])[2H])(c1ccccn1)CCO2.[2H]C1([2H])CCC2(C1)C[C@](CC([2H])([2H])CC([2H])([2H])c1sccc1OC([2H])([2H])[2H])(c1ccccn1)CCO2. The smallest absolute Gasteiger partial charge is 0.132 e. The summed E-state index contributed by atoms with van der Waals surface area (Å²) < 4.78 is 548. The molecule has 10 aliphatic rings. The highest BCUT2D eigenvalue weighted by atomic mass is 32.1. The number of aromatic nitrogens is 5. The maximum absolute atomic E-state index is 9.45. The van der Waals surface area contributed by atoms with Gasteiger partial charge in [0.2, 0.25) is 0 Å². The van der Waals surface area contributed by atoms with Crippen LogP contribution in [0.25, 0.3) is 0 Å². The number of ether oxygens (including phenoxy) is 10. The van der Waals surface area contributed by atoms with E-state index in [1.807, 2.05) is 42.5 Å². The highest BCUT2D eigenvalue weighted by molar-refractivity contribution is 7.11. The largest absolute Gasteiger partial charge is 0.496 e. The van der Waals surface area contributed by atoms with Gasteiger partial charge in [-0.1, -0.05) is 126 Å². The second-order valence-electron chi connectivity index (χ2n) is 35.0. The second kappa shape index (κ2) is 49.0. The maximum Gasteiger partial charge on any atom is 0.132 e. The summed E-state index contributed by atoms with van der Waals surface area (Å²) >= 11 is 4.55. The minimum atomic E-state index is -4.56. The van der Waals surface area contributed by atoms with Gasteiger partial charge >= 0.3 is 0 Å². The first-order chi connectivity index (χ1) is 88.2. The summed E-state index contributed by atoms with van der Waals surface area (Å²) in [5, 5.41) is 7.32. The third-order valence-electron chi connectivity index (χ3n) is 26.4. The predicted octanol–water partition coefficient (Wildman–Crippen LogP) is 29.6. The van der Waals surface area contributed by atoms with Gasteiger partial charge in [0.25, 0.3) is 0 Å². The van der Waals surface area contributed by atoms with Crippen LogP contribution >= 0.6 is 56.7 Å². The topological polar surface area (TPSA) is 157 Å². The van der Waals surface area contributed by atoms with Gasteiger partial charge in [-0.2, -0.15) is 0 Å². The zero-order chi connectivity index (χ0) is 145. The Morgan fingerprint density at radius 1 is 0.304 bits per heavy atom. The van der Waals surface area contributed by atoms with Crippen molar-refractivity contribution in [3.8, 4) is 28.7 Å². The summed E-state index contributed by atoms with van der Waals surface area (Å²) in [7, 11) is -14.1. The fourth-order valence-corrected chi connectivity index (χ4v) is 23.4. The van der Waals surface area contributed by atoms with Crippen molar-refractivity contribution in [1.29, 1.82) is 0 Å². The van der Waals surface area contributed by atoms with Gasteiger partial charge in [-0.15, -0.1) is 56.7 Å². The van der Waals surface area contributed by atoms with Crippen molar-refractivity contribution in [2.75, 3.05) is 68.2 Å². The van der Waals surface area contributed by atoms with E-state index in [1.54, 1.807) is 60.5 Å². The van der Waals surface area contributed by atoms with Gasteiger partial charge in [-0.3, -0.25) is 24.9 Å². The number of hydrogen-bond acceptors (Lipinski definition) is 20. The monoisotopic (exact) mass is 1990 g/mol. The summed E-state index contributed by atoms with van der Waals surface area (Å²) in [6.45, 7) is -2.91. The summed E-state index contributed by atoms with van der Waals surface area (Å²) in [5.41, 5.74) is -13.0. The fourth-order valence-electron chi connectivity index (χ4n) is 19.8. The molecule has 7 atom stereocenters. The lowest BCUT2D eigenvalue weighted by atomic mass is 9.67. The number of aryl methyl sites for hydroxylation is 5. The molecule has 0 amide bonds. The fraction of sp³-hybridized carbons (Fsp3) is 0.609. The summed E-state index contributed by atoms with van der Waals surface area (Å²) in [4.78, 5) is 21.6. The number of pyridine rings is 5. The molecular formula is C115H155N5O10S5. The molecule has 5 spiro atoms. The van der Waals surface area contributed by atoms with Crippen molar-refractivity contribution >= 4 is 56.7 Å². The molecule has 15 nitrogen and oxygen atoms in total. The highest BCUT2D eigenvalue weighted by Gasteiger charge is 2.54.